The molecule has 2 aromatic rings. The molecule has 100 valence electrons. The van der Waals surface area contributed by atoms with Crippen LogP contribution in [0.25, 0.3) is 10.9 Å². The summed E-state index contributed by atoms with van der Waals surface area (Å²) in [5.41, 5.74) is 0.944. The standard InChI is InChI=1S/C14H16N2O3/c1-16-12-5-3-2-4-10(12)11(15-16)8-14(19)6-9(7-14)13(17)18/h2-5,9,19H,6-8H2,1H3,(H,17,18). The summed E-state index contributed by atoms with van der Waals surface area (Å²) in [6.45, 7) is 0. The van der Waals surface area contributed by atoms with Crippen molar-refractivity contribution in [2.75, 3.05) is 0 Å². The second-order valence-electron chi connectivity index (χ2n) is 5.43. The molecule has 1 heterocycles. The summed E-state index contributed by atoms with van der Waals surface area (Å²) in [6.07, 6.45) is 1.04. The SMILES string of the molecule is Cn1nc(CC2(O)CC(C(=O)O)C2)c2ccccc21. The number of aliphatic carboxylic acids is 1. The molecule has 1 aromatic carbocycles. The molecule has 3 rings (SSSR count). The number of carboxylic acids is 1. The summed E-state index contributed by atoms with van der Waals surface area (Å²) >= 11 is 0. The molecule has 1 aliphatic carbocycles. The Labute approximate surface area is 110 Å². The lowest BCUT2D eigenvalue weighted by molar-refractivity contribution is -0.158. The smallest absolute Gasteiger partial charge is 0.306 e. The minimum atomic E-state index is -0.916. The number of carboxylic acid groups (broad SMARTS) is 1. The lowest BCUT2D eigenvalue weighted by atomic mass is 9.68. The molecular weight excluding hydrogens is 244 g/mol. The topological polar surface area (TPSA) is 75.3 Å². The zero-order valence-corrected chi connectivity index (χ0v) is 10.7. The molecule has 1 aliphatic rings. The van der Waals surface area contributed by atoms with Gasteiger partial charge >= 0.3 is 5.97 Å². The number of benzene rings is 1. The van der Waals surface area contributed by atoms with Gasteiger partial charge in [-0.05, 0) is 18.9 Å². The average molecular weight is 260 g/mol. The summed E-state index contributed by atoms with van der Waals surface area (Å²) in [4.78, 5) is 10.8. The van der Waals surface area contributed by atoms with Crippen molar-refractivity contribution in [3.8, 4) is 0 Å². The van der Waals surface area contributed by atoms with Crippen molar-refractivity contribution in [1.82, 2.24) is 9.78 Å². The summed E-state index contributed by atoms with van der Waals surface area (Å²) in [5, 5.41) is 24.7. The van der Waals surface area contributed by atoms with Crippen LogP contribution in [0.4, 0.5) is 0 Å². The van der Waals surface area contributed by atoms with Gasteiger partial charge in [0.1, 0.15) is 0 Å². The van der Waals surface area contributed by atoms with Gasteiger partial charge in [-0.3, -0.25) is 9.48 Å². The summed E-state index contributed by atoms with van der Waals surface area (Å²) in [5.74, 6) is -1.24. The molecule has 0 aliphatic heterocycles. The molecule has 0 amide bonds. The number of hydrogen-bond acceptors (Lipinski definition) is 3. The maximum atomic E-state index is 10.8. The molecule has 0 saturated heterocycles. The highest BCUT2D eigenvalue weighted by atomic mass is 16.4. The Morgan fingerprint density at radius 3 is 2.84 bits per heavy atom. The van der Waals surface area contributed by atoms with E-state index < -0.39 is 17.5 Å². The van der Waals surface area contributed by atoms with Gasteiger partial charge in [0.15, 0.2) is 0 Å². The van der Waals surface area contributed by atoms with Gasteiger partial charge in [-0.25, -0.2) is 0 Å². The van der Waals surface area contributed by atoms with E-state index in [1.54, 1.807) is 4.68 Å². The minimum absolute atomic E-state index is 0.313. The fourth-order valence-corrected chi connectivity index (χ4v) is 2.91. The Hall–Kier alpha value is -1.88. The molecular formula is C14H16N2O3. The van der Waals surface area contributed by atoms with Crippen LogP contribution in [-0.2, 0) is 18.3 Å². The number of fused-ring (bicyclic) bond motifs is 1. The number of hydrogen-bond donors (Lipinski definition) is 2. The average Bonchev–Trinajstić information content (AvgIpc) is 2.64. The van der Waals surface area contributed by atoms with Crippen LogP contribution in [0.1, 0.15) is 18.5 Å². The second kappa shape index (κ2) is 4.06. The molecule has 19 heavy (non-hydrogen) atoms. The lowest BCUT2D eigenvalue weighted by Crippen LogP contribution is -2.48. The van der Waals surface area contributed by atoms with Crippen LogP contribution in [-0.4, -0.2) is 31.6 Å². The quantitative estimate of drug-likeness (QED) is 0.873. The van der Waals surface area contributed by atoms with E-state index in [-0.39, 0.29) is 0 Å². The normalized spacial score (nSPS) is 26.3. The number of aliphatic hydroxyl groups is 1. The zero-order valence-electron chi connectivity index (χ0n) is 10.7. The number of para-hydroxylation sites is 1. The van der Waals surface area contributed by atoms with Crippen LogP contribution >= 0.6 is 0 Å². The predicted octanol–water partition coefficient (Wildman–Crippen LogP) is 1.34. The monoisotopic (exact) mass is 260 g/mol. The third kappa shape index (κ3) is 2.00. The van der Waals surface area contributed by atoms with E-state index in [0.717, 1.165) is 16.6 Å². The minimum Gasteiger partial charge on any atom is -0.481 e. The van der Waals surface area contributed by atoms with E-state index in [1.165, 1.54) is 0 Å². The second-order valence-corrected chi connectivity index (χ2v) is 5.43. The predicted molar refractivity (Wildman–Crippen MR) is 69.7 cm³/mol. The first-order valence-electron chi connectivity index (χ1n) is 6.34. The van der Waals surface area contributed by atoms with Crippen LogP contribution < -0.4 is 0 Å². The Morgan fingerprint density at radius 1 is 1.47 bits per heavy atom. The number of aryl methyl sites for hydroxylation is 1. The Bertz CT molecular complexity index is 641. The van der Waals surface area contributed by atoms with E-state index in [2.05, 4.69) is 5.10 Å². The molecule has 0 spiro atoms. The first kappa shape index (κ1) is 12.2. The van der Waals surface area contributed by atoms with Gasteiger partial charge in [0.25, 0.3) is 0 Å². The summed E-state index contributed by atoms with van der Waals surface area (Å²) < 4.78 is 1.79. The molecule has 0 unspecified atom stereocenters. The Morgan fingerprint density at radius 2 is 2.16 bits per heavy atom. The molecule has 1 aromatic heterocycles. The largest absolute Gasteiger partial charge is 0.481 e. The van der Waals surface area contributed by atoms with Gasteiger partial charge in [-0.2, -0.15) is 5.10 Å². The van der Waals surface area contributed by atoms with Gasteiger partial charge in [0, 0.05) is 18.9 Å². The van der Waals surface area contributed by atoms with E-state index in [4.69, 9.17) is 5.11 Å². The zero-order chi connectivity index (χ0) is 13.6. The van der Waals surface area contributed by atoms with E-state index in [0.29, 0.717) is 19.3 Å². The van der Waals surface area contributed by atoms with E-state index in [1.807, 2.05) is 31.3 Å². The number of carbonyl (C=O) groups is 1. The van der Waals surface area contributed by atoms with Gasteiger partial charge in [0.05, 0.1) is 22.7 Å². The van der Waals surface area contributed by atoms with E-state index in [9.17, 15) is 9.90 Å². The van der Waals surface area contributed by atoms with Crippen LogP contribution in [0.5, 0.6) is 0 Å². The number of rotatable bonds is 3. The third-order valence-corrected chi connectivity index (χ3v) is 3.93. The van der Waals surface area contributed by atoms with Crippen molar-refractivity contribution in [2.45, 2.75) is 24.9 Å². The molecule has 0 radical (unpaired) electrons. The first-order chi connectivity index (χ1) is 8.98. The highest BCUT2D eigenvalue weighted by Gasteiger charge is 2.46. The maximum absolute atomic E-state index is 10.8. The molecule has 5 heteroatoms. The number of aromatic nitrogens is 2. The van der Waals surface area contributed by atoms with Crippen LogP contribution in [0, 0.1) is 5.92 Å². The van der Waals surface area contributed by atoms with Gasteiger partial charge in [0.2, 0.25) is 0 Å². The van der Waals surface area contributed by atoms with Crippen molar-refractivity contribution < 1.29 is 15.0 Å². The Kier molecular flexibility index (Phi) is 2.60. The summed E-state index contributed by atoms with van der Waals surface area (Å²) in [6, 6.07) is 7.86. The third-order valence-electron chi connectivity index (χ3n) is 3.93. The van der Waals surface area contributed by atoms with Crippen molar-refractivity contribution in [3.05, 3.63) is 30.0 Å². The molecule has 5 nitrogen and oxygen atoms in total. The Balaban J connectivity index is 1.85. The number of nitrogens with zero attached hydrogens (tertiary/aromatic N) is 2. The summed E-state index contributed by atoms with van der Waals surface area (Å²) in [7, 11) is 1.87. The molecule has 0 bridgehead atoms. The van der Waals surface area contributed by atoms with Crippen molar-refractivity contribution in [1.29, 1.82) is 0 Å². The first-order valence-corrected chi connectivity index (χ1v) is 6.34. The van der Waals surface area contributed by atoms with E-state index >= 15 is 0 Å². The van der Waals surface area contributed by atoms with Crippen molar-refractivity contribution >= 4 is 16.9 Å². The van der Waals surface area contributed by atoms with Gasteiger partial charge in [-0.15, -0.1) is 0 Å². The maximum Gasteiger partial charge on any atom is 0.306 e. The molecule has 2 N–H and O–H groups in total. The molecule has 1 fully saturated rings. The van der Waals surface area contributed by atoms with Crippen LogP contribution in [0.3, 0.4) is 0 Å². The van der Waals surface area contributed by atoms with Crippen LogP contribution in [0.15, 0.2) is 24.3 Å². The highest BCUT2D eigenvalue weighted by molar-refractivity contribution is 5.82. The van der Waals surface area contributed by atoms with Crippen molar-refractivity contribution in [3.63, 3.8) is 0 Å². The van der Waals surface area contributed by atoms with Gasteiger partial charge in [-0.1, -0.05) is 18.2 Å². The van der Waals surface area contributed by atoms with Crippen molar-refractivity contribution in [2.24, 2.45) is 13.0 Å². The van der Waals surface area contributed by atoms with Gasteiger partial charge < -0.3 is 10.2 Å². The molecule has 1 saturated carbocycles. The molecule has 0 atom stereocenters. The highest BCUT2D eigenvalue weighted by Crippen LogP contribution is 2.40. The van der Waals surface area contributed by atoms with Crippen LogP contribution in [0.2, 0.25) is 0 Å². The fraction of sp³-hybridized carbons (Fsp3) is 0.429. The fourth-order valence-electron chi connectivity index (χ4n) is 2.91. The lowest BCUT2D eigenvalue weighted by Gasteiger charge is -2.41.